The molecule has 3 aromatic heterocycles. The second-order valence-corrected chi connectivity index (χ2v) is 9.97. The predicted molar refractivity (Wildman–Crippen MR) is 138 cm³/mol. The molecule has 0 aliphatic carbocycles. The number of fused-ring (bicyclic) bond motifs is 1. The highest BCUT2D eigenvalue weighted by Gasteiger charge is 2.36. The largest absolute Gasteiger partial charge is 0.391 e. The van der Waals surface area contributed by atoms with Crippen molar-refractivity contribution in [2.45, 2.75) is 44.1 Å². The molecule has 0 radical (unpaired) electrons. The molecule has 0 bridgehead atoms. The summed E-state index contributed by atoms with van der Waals surface area (Å²) in [4.78, 5) is 12.8. The molecule has 5 heterocycles. The van der Waals surface area contributed by atoms with Gasteiger partial charge in [0, 0.05) is 25.1 Å². The summed E-state index contributed by atoms with van der Waals surface area (Å²) in [6.45, 7) is 3.41. The topological polar surface area (TPSA) is 81.8 Å². The number of pyridine rings is 1. The van der Waals surface area contributed by atoms with Crippen molar-refractivity contribution in [3.63, 3.8) is 0 Å². The number of halogens is 3. The highest BCUT2D eigenvalue weighted by atomic mass is 19.1. The zero-order chi connectivity index (χ0) is 26.4. The number of hydrogen-bond acceptors (Lipinski definition) is 7. The van der Waals surface area contributed by atoms with Crippen molar-refractivity contribution in [3.05, 3.63) is 77.8 Å². The van der Waals surface area contributed by atoms with Gasteiger partial charge in [0.2, 0.25) is 0 Å². The van der Waals surface area contributed by atoms with Crippen molar-refractivity contribution in [1.29, 1.82) is 0 Å². The molecular weight excluding hydrogens is 495 g/mol. The monoisotopic (exact) mass is 523 g/mol. The average Bonchev–Trinajstić information content (AvgIpc) is 3.64. The summed E-state index contributed by atoms with van der Waals surface area (Å²) >= 11 is 0. The van der Waals surface area contributed by atoms with Gasteiger partial charge in [0.05, 0.1) is 48.5 Å². The van der Waals surface area contributed by atoms with Crippen LogP contribution in [0.5, 0.6) is 0 Å². The minimum absolute atomic E-state index is 0.0251. The standard InChI is InChI=1S/C27H28F3N7O/c1-16(23-5-3-19(12-31-23)35-9-8-20(38)15-35)33-27-13-32-25-6-7-26(34-37(25)27)36-14-18(29)11-24(36)21-10-17(28)2-4-22(21)30/h2-7,10,12-13,16,18,20,24,33,38H,8-9,11,14-15H2,1H3/t16?,18-,20-,24+/m0/s1. The van der Waals surface area contributed by atoms with Crippen LogP contribution < -0.4 is 15.1 Å². The zero-order valence-electron chi connectivity index (χ0n) is 20.8. The third-order valence-corrected chi connectivity index (χ3v) is 7.32. The first-order valence-electron chi connectivity index (χ1n) is 12.7. The van der Waals surface area contributed by atoms with Crippen molar-refractivity contribution in [2.24, 2.45) is 0 Å². The number of benzene rings is 1. The maximum atomic E-state index is 14.6. The smallest absolute Gasteiger partial charge is 0.156 e. The van der Waals surface area contributed by atoms with Crippen molar-refractivity contribution in [2.75, 3.05) is 34.8 Å². The molecule has 2 fully saturated rings. The molecule has 4 atom stereocenters. The molecule has 1 aromatic carbocycles. The Bertz CT molecular complexity index is 1450. The van der Waals surface area contributed by atoms with Gasteiger partial charge in [-0.25, -0.2) is 18.2 Å². The van der Waals surface area contributed by atoms with Crippen LogP contribution >= 0.6 is 0 Å². The molecule has 2 saturated heterocycles. The molecule has 2 aliphatic rings. The number of hydrogen-bond donors (Lipinski definition) is 2. The Balaban J connectivity index is 1.24. The Morgan fingerprint density at radius 3 is 2.68 bits per heavy atom. The second kappa shape index (κ2) is 9.79. The summed E-state index contributed by atoms with van der Waals surface area (Å²) in [6, 6.07) is 9.82. The molecule has 2 aliphatic heterocycles. The lowest BCUT2D eigenvalue weighted by Crippen LogP contribution is -2.26. The van der Waals surface area contributed by atoms with E-state index in [1.54, 1.807) is 27.7 Å². The van der Waals surface area contributed by atoms with Crippen molar-refractivity contribution >= 4 is 23.0 Å². The van der Waals surface area contributed by atoms with E-state index < -0.39 is 23.8 Å². The van der Waals surface area contributed by atoms with E-state index in [-0.39, 0.29) is 30.7 Å². The fraction of sp³-hybridized carbons (Fsp3) is 0.370. The number of nitrogens with zero attached hydrogens (tertiary/aromatic N) is 6. The molecule has 0 saturated carbocycles. The summed E-state index contributed by atoms with van der Waals surface area (Å²) < 4.78 is 44.6. The van der Waals surface area contributed by atoms with Crippen LogP contribution in [0, 0.1) is 11.6 Å². The Morgan fingerprint density at radius 2 is 1.92 bits per heavy atom. The zero-order valence-corrected chi connectivity index (χ0v) is 20.8. The van der Waals surface area contributed by atoms with Gasteiger partial charge in [-0.05, 0) is 55.8 Å². The van der Waals surface area contributed by atoms with Gasteiger partial charge in [-0.15, -0.1) is 5.10 Å². The minimum atomic E-state index is -1.20. The van der Waals surface area contributed by atoms with Crippen LogP contribution in [0.3, 0.4) is 0 Å². The van der Waals surface area contributed by atoms with Crippen molar-refractivity contribution in [1.82, 2.24) is 19.6 Å². The fourth-order valence-corrected chi connectivity index (χ4v) is 5.33. The lowest BCUT2D eigenvalue weighted by molar-refractivity contribution is 0.198. The molecule has 4 aromatic rings. The normalized spacial score (nSPS) is 22.4. The van der Waals surface area contributed by atoms with Gasteiger partial charge in [-0.2, -0.15) is 4.52 Å². The maximum Gasteiger partial charge on any atom is 0.156 e. The summed E-state index contributed by atoms with van der Waals surface area (Å²) in [5, 5.41) is 17.9. The number of rotatable bonds is 6. The highest BCUT2D eigenvalue weighted by Crippen LogP contribution is 2.38. The molecular formula is C27H28F3N7O. The lowest BCUT2D eigenvalue weighted by Gasteiger charge is -2.26. The van der Waals surface area contributed by atoms with Crippen molar-refractivity contribution < 1.29 is 18.3 Å². The van der Waals surface area contributed by atoms with E-state index in [1.807, 2.05) is 25.3 Å². The SMILES string of the molecule is CC(Nc1cnc2ccc(N3C[C@@H](F)C[C@@H]3c3cc(F)ccc3F)nn12)c1ccc(N2CC[C@H](O)C2)cn1. The van der Waals surface area contributed by atoms with Gasteiger partial charge >= 0.3 is 0 Å². The first-order valence-corrected chi connectivity index (χ1v) is 12.7. The summed E-state index contributed by atoms with van der Waals surface area (Å²) in [5.41, 5.74) is 2.49. The molecule has 2 N–H and O–H groups in total. The van der Waals surface area contributed by atoms with Crippen LogP contribution in [0.2, 0.25) is 0 Å². The van der Waals surface area contributed by atoms with E-state index in [0.29, 0.717) is 23.8 Å². The number of nitrogens with one attached hydrogen (secondary N) is 1. The van der Waals surface area contributed by atoms with Gasteiger partial charge in [-0.1, -0.05) is 0 Å². The quantitative estimate of drug-likeness (QED) is 0.387. The van der Waals surface area contributed by atoms with Gasteiger partial charge in [0.15, 0.2) is 5.65 Å². The molecule has 38 heavy (non-hydrogen) atoms. The Kier molecular flexibility index (Phi) is 6.30. The average molecular weight is 524 g/mol. The van der Waals surface area contributed by atoms with E-state index in [4.69, 9.17) is 0 Å². The van der Waals surface area contributed by atoms with Gasteiger partial charge in [0.25, 0.3) is 0 Å². The molecule has 0 spiro atoms. The number of β-amino-alcohol motifs (C(OH)–C–C–N with tert-alkyl or cyclic N) is 1. The third-order valence-electron chi connectivity index (χ3n) is 7.32. The number of aliphatic hydroxyl groups excluding tert-OH is 1. The van der Waals surface area contributed by atoms with E-state index in [2.05, 4.69) is 25.3 Å². The first-order chi connectivity index (χ1) is 18.4. The molecule has 8 nitrogen and oxygen atoms in total. The van der Waals surface area contributed by atoms with Gasteiger partial charge < -0.3 is 20.2 Å². The van der Waals surface area contributed by atoms with Crippen LogP contribution in [0.1, 0.15) is 43.1 Å². The summed E-state index contributed by atoms with van der Waals surface area (Å²) in [5.74, 6) is -0.0840. The molecule has 198 valence electrons. The van der Waals surface area contributed by atoms with E-state index in [0.717, 1.165) is 42.5 Å². The fourth-order valence-electron chi connectivity index (χ4n) is 5.33. The summed E-state index contributed by atoms with van der Waals surface area (Å²) in [6.07, 6.45) is 2.77. The molecule has 1 unspecified atom stereocenters. The van der Waals surface area contributed by atoms with Crippen LogP contribution in [0.15, 0.2) is 54.9 Å². The highest BCUT2D eigenvalue weighted by molar-refractivity contribution is 5.55. The Labute approximate surface area is 217 Å². The van der Waals surface area contributed by atoms with Gasteiger partial charge in [0.1, 0.15) is 29.4 Å². The summed E-state index contributed by atoms with van der Waals surface area (Å²) in [7, 11) is 0. The van der Waals surface area contributed by atoms with Crippen molar-refractivity contribution in [3.8, 4) is 0 Å². The molecule has 0 amide bonds. The number of anilines is 3. The number of aliphatic hydroxyl groups is 1. The molecule has 11 heteroatoms. The third kappa shape index (κ3) is 4.62. The molecule has 6 rings (SSSR count). The lowest BCUT2D eigenvalue weighted by atomic mass is 10.0. The first kappa shape index (κ1) is 24.5. The van der Waals surface area contributed by atoms with Crippen LogP contribution in [-0.2, 0) is 0 Å². The van der Waals surface area contributed by atoms with E-state index in [1.165, 1.54) is 0 Å². The Hall–Kier alpha value is -3.86. The van der Waals surface area contributed by atoms with E-state index >= 15 is 0 Å². The number of alkyl halides is 1. The maximum absolute atomic E-state index is 14.6. The Morgan fingerprint density at radius 1 is 1.05 bits per heavy atom. The van der Waals surface area contributed by atoms with Crippen LogP contribution in [-0.4, -0.2) is 56.6 Å². The van der Waals surface area contributed by atoms with E-state index in [9.17, 15) is 18.3 Å². The predicted octanol–water partition coefficient (Wildman–Crippen LogP) is 4.44. The number of aromatic nitrogens is 4. The van der Waals surface area contributed by atoms with Crippen LogP contribution in [0.4, 0.5) is 30.5 Å². The van der Waals surface area contributed by atoms with Gasteiger partial charge in [-0.3, -0.25) is 4.98 Å². The second-order valence-electron chi connectivity index (χ2n) is 9.97. The minimum Gasteiger partial charge on any atom is -0.391 e. The number of imidazole rings is 1. The van der Waals surface area contributed by atoms with Crippen LogP contribution in [0.25, 0.3) is 5.65 Å².